The number of methoxy groups -OCH3 is 1. The van der Waals surface area contributed by atoms with Crippen molar-refractivity contribution < 1.29 is 23.9 Å². The van der Waals surface area contributed by atoms with Crippen LogP contribution in [-0.2, 0) is 14.3 Å². The Hall–Kier alpha value is -2.74. The highest BCUT2D eigenvalue weighted by Crippen LogP contribution is 2.32. The fraction of sp³-hybridized carbons (Fsp3) is 0.412. The van der Waals surface area contributed by atoms with E-state index in [0.717, 1.165) is 4.90 Å². The summed E-state index contributed by atoms with van der Waals surface area (Å²) in [6.45, 7) is 2.32. The number of nitrogens with one attached hydrogen (secondary N) is 2. The lowest BCUT2D eigenvalue weighted by Crippen LogP contribution is -2.54. The first-order valence-corrected chi connectivity index (χ1v) is 8.04. The molecule has 2 heterocycles. The average molecular weight is 345 g/mol. The molecule has 2 atom stereocenters. The highest BCUT2D eigenvalue weighted by molar-refractivity contribution is 6.25. The Kier molecular flexibility index (Phi) is 4.54. The zero-order chi connectivity index (χ0) is 18.1. The van der Waals surface area contributed by atoms with E-state index in [0.29, 0.717) is 12.3 Å². The van der Waals surface area contributed by atoms with Crippen LogP contribution >= 0.6 is 0 Å². The van der Waals surface area contributed by atoms with Crippen molar-refractivity contribution in [2.45, 2.75) is 31.8 Å². The number of nitrogens with zero attached hydrogens (tertiary/aromatic N) is 1. The number of anilines is 1. The molecule has 0 saturated carbocycles. The van der Waals surface area contributed by atoms with Gasteiger partial charge in [-0.3, -0.25) is 29.4 Å². The summed E-state index contributed by atoms with van der Waals surface area (Å²) in [6, 6.07) is 3.93. The van der Waals surface area contributed by atoms with E-state index in [2.05, 4.69) is 10.6 Å². The second kappa shape index (κ2) is 6.64. The number of benzene rings is 1. The van der Waals surface area contributed by atoms with E-state index in [1.54, 1.807) is 25.3 Å². The molecule has 8 nitrogen and oxygen atoms in total. The number of hydrogen-bond donors (Lipinski definition) is 2. The Morgan fingerprint density at radius 2 is 2.04 bits per heavy atom. The molecule has 1 aromatic carbocycles. The van der Waals surface area contributed by atoms with Crippen LogP contribution in [0.4, 0.5) is 5.69 Å². The lowest BCUT2D eigenvalue weighted by Gasteiger charge is -2.27. The molecule has 1 aromatic rings. The van der Waals surface area contributed by atoms with Gasteiger partial charge in [0.25, 0.3) is 11.8 Å². The molecule has 25 heavy (non-hydrogen) atoms. The molecular weight excluding hydrogens is 326 g/mol. The van der Waals surface area contributed by atoms with E-state index in [1.807, 2.05) is 6.92 Å². The van der Waals surface area contributed by atoms with Gasteiger partial charge in [0.05, 0.1) is 17.7 Å². The van der Waals surface area contributed by atoms with E-state index in [9.17, 15) is 19.2 Å². The Morgan fingerprint density at radius 1 is 1.28 bits per heavy atom. The normalized spacial score (nSPS) is 21.2. The summed E-state index contributed by atoms with van der Waals surface area (Å²) in [7, 11) is 1.58. The summed E-state index contributed by atoms with van der Waals surface area (Å²) in [6.07, 6.45) is 0.235. The van der Waals surface area contributed by atoms with Gasteiger partial charge in [0.1, 0.15) is 6.04 Å². The lowest BCUT2D eigenvalue weighted by molar-refractivity contribution is -0.136. The molecule has 0 aliphatic carbocycles. The molecule has 0 radical (unpaired) electrons. The van der Waals surface area contributed by atoms with Gasteiger partial charge in [-0.1, -0.05) is 6.07 Å². The zero-order valence-corrected chi connectivity index (χ0v) is 14.0. The Balaban J connectivity index is 1.91. The zero-order valence-electron chi connectivity index (χ0n) is 14.0. The number of rotatable bonds is 5. The summed E-state index contributed by atoms with van der Waals surface area (Å²) in [4.78, 5) is 49.9. The molecule has 2 N–H and O–H groups in total. The number of fused-ring (bicyclic) bond motifs is 1. The molecule has 1 fully saturated rings. The SMILES string of the molecule is COC[C@H](C)Nc1cccc2c1C(=O)N(C1CCC(=O)NC1=O)C2=O. The van der Waals surface area contributed by atoms with Crippen LogP contribution in [0.5, 0.6) is 0 Å². The number of hydrogen-bond acceptors (Lipinski definition) is 6. The fourth-order valence-corrected chi connectivity index (χ4v) is 3.19. The second-order valence-electron chi connectivity index (χ2n) is 6.18. The number of carbonyl (C=O) groups excluding carboxylic acids is 4. The standard InChI is InChI=1S/C17H19N3O5/c1-9(8-25-2)18-11-5-3-4-10-14(11)17(24)20(16(10)23)12-6-7-13(21)19-15(12)22/h3-5,9,12,18H,6-8H2,1-2H3,(H,19,21,22)/t9-,12?/m0/s1. The largest absolute Gasteiger partial charge is 0.383 e. The van der Waals surface area contributed by atoms with E-state index >= 15 is 0 Å². The molecule has 4 amide bonds. The Morgan fingerprint density at radius 3 is 2.72 bits per heavy atom. The van der Waals surface area contributed by atoms with Crippen LogP contribution in [0.25, 0.3) is 0 Å². The van der Waals surface area contributed by atoms with Crippen molar-refractivity contribution in [1.29, 1.82) is 0 Å². The second-order valence-corrected chi connectivity index (χ2v) is 6.18. The molecule has 1 unspecified atom stereocenters. The highest BCUT2D eigenvalue weighted by atomic mass is 16.5. The molecule has 0 aromatic heterocycles. The third-order valence-corrected chi connectivity index (χ3v) is 4.29. The topological polar surface area (TPSA) is 105 Å². The summed E-state index contributed by atoms with van der Waals surface area (Å²) in [5, 5.41) is 5.34. The van der Waals surface area contributed by atoms with Gasteiger partial charge in [-0.25, -0.2) is 0 Å². The summed E-state index contributed by atoms with van der Waals surface area (Å²) >= 11 is 0. The summed E-state index contributed by atoms with van der Waals surface area (Å²) in [5.74, 6) is -2.05. The average Bonchev–Trinajstić information content (AvgIpc) is 2.81. The lowest BCUT2D eigenvalue weighted by atomic mass is 10.0. The molecule has 2 aliphatic heterocycles. The van der Waals surface area contributed by atoms with Crippen LogP contribution in [0.2, 0.25) is 0 Å². The van der Waals surface area contributed by atoms with Gasteiger partial charge in [0, 0.05) is 25.3 Å². The molecule has 8 heteroatoms. The van der Waals surface area contributed by atoms with Gasteiger partial charge in [0.2, 0.25) is 11.8 Å². The number of carbonyl (C=O) groups is 4. The van der Waals surface area contributed by atoms with Crippen molar-refractivity contribution in [3.05, 3.63) is 29.3 Å². The first-order chi connectivity index (χ1) is 11.9. The van der Waals surface area contributed by atoms with Crippen LogP contribution in [0.3, 0.4) is 0 Å². The molecular formula is C17H19N3O5. The van der Waals surface area contributed by atoms with E-state index in [-0.39, 0.29) is 30.0 Å². The van der Waals surface area contributed by atoms with Crippen molar-refractivity contribution in [3.8, 4) is 0 Å². The maximum atomic E-state index is 12.9. The number of amides is 4. The minimum atomic E-state index is -0.964. The van der Waals surface area contributed by atoms with Crippen molar-refractivity contribution in [2.75, 3.05) is 19.0 Å². The van der Waals surface area contributed by atoms with Gasteiger partial charge >= 0.3 is 0 Å². The van der Waals surface area contributed by atoms with Gasteiger partial charge in [-0.2, -0.15) is 0 Å². The van der Waals surface area contributed by atoms with E-state index in [4.69, 9.17) is 4.74 Å². The van der Waals surface area contributed by atoms with Crippen LogP contribution in [0.15, 0.2) is 18.2 Å². The maximum Gasteiger partial charge on any atom is 0.264 e. The maximum absolute atomic E-state index is 12.9. The van der Waals surface area contributed by atoms with Crippen molar-refractivity contribution in [1.82, 2.24) is 10.2 Å². The van der Waals surface area contributed by atoms with Crippen LogP contribution in [-0.4, -0.2) is 54.3 Å². The highest BCUT2D eigenvalue weighted by Gasteiger charge is 2.45. The molecule has 0 spiro atoms. The number of ether oxygens (including phenoxy) is 1. The molecule has 0 bridgehead atoms. The predicted molar refractivity (Wildman–Crippen MR) is 88.1 cm³/mol. The number of imide groups is 2. The number of piperidine rings is 1. The quantitative estimate of drug-likeness (QED) is 0.755. The molecule has 1 saturated heterocycles. The first-order valence-electron chi connectivity index (χ1n) is 8.04. The van der Waals surface area contributed by atoms with Crippen molar-refractivity contribution in [2.24, 2.45) is 0 Å². The van der Waals surface area contributed by atoms with Gasteiger partial charge in [0.15, 0.2) is 0 Å². The Bertz CT molecular complexity index is 761. The smallest absolute Gasteiger partial charge is 0.264 e. The third kappa shape index (κ3) is 3.00. The monoisotopic (exact) mass is 345 g/mol. The minimum absolute atomic E-state index is 0.0657. The molecule has 2 aliphatic rings. The minimum Gasteiger partial charge on any atom is -0.383 e. The molecule has 132 valence electrons. The Labute approximate surface area is 144 Å². The van der Waals surface area contributed by atoms with Crippen LogP contribution < -0.4 is 10.6 Å². The van der Waals surface area contributed by atoms with Gasteiger partial charge < -0.3 is 10.1 Å². The predicted octanol–water partition coefficient (Wildman–Crippen LogP) is 0.535. The van der Waals surface area contributed by atoms with Crippen LogP contribution in [0, 0.1) is 0 Å². The summed E-state index contributed by atoms with van der Waals surface area (Å²) < 4.78 is 5.07. The molecule has 3 rings (SSSR count). The van der Waals surface area contributed by atoms with Crippen LogP contribution in [0.1, 0.15) is 40.5 Å². The van der Waals surface area contributed by atoms with E-state index < -0.39 is 29.7 Å². The van der Waals surface area contributed by atoms with Crippen molar-refractivity contribution in [3.63, 3.8) is 0 Å². The fourth-order valence-electron chi connectivity index (χ4n) is 3.19. The first kappa shape index (κ1) is 17.1. The van der Waals surface area contributed by atoms with Gasteiger partial charge in [-0.15, -0.1) is 0 Å². The van der Waals surface area contributed by atoms with Gasteiger partial charge in [-0.05, 0) is 25.5 Å². The summed E-state index contributed by atoms with van der Waals surface area (Å²) in [5.41, 5.74) is 1.03. The van der Waals surface area contributed by atoms with Crippen molar-refractivity contribution >= 4 is 29.3 Å². The van der Waals surface area contributed by atoms with E-state index in [1.165, 1.54) is 0 Å². The third-order valence-electron chi connectivity index (χ3n) is 4.29.